The van der Waals surface area contributed by atoms with Gasteiger partial charge in [-0.3, -0.25) is 10.1 Å². The number of esters is 1. The van der Waals surface area contributed by atoms with Gasteiger partial charge in [0.15, 0.2) is 11.2 Å². The number of aryl methyl sites for hydroxylation is 2. The third-order valence-electron chi connectivity index (χ3n) is 3.18. The molecule has 2 aromatic rings. The van der Waals surface area contributed by atoms with Crippen molar-refractivity contribution >= 4 is 28.3 Å². The van der Waals surface area contributed by atoms with Gasteiger partial charge in [0.25, 0.3) is 5.91 Å². The number of thiazole rings is 1. The zero-order valence-corrected chi connectivity index (χ0v) is 14.8. The summed E-state index contributed by atoms with van der Waals surface area (Å²) in [6, 6.07) is 3.14. The molecule has 0 saturated heterocycles. The number of amides is 1. The Morgan fingerprint density at radius 1 is 1.38 bits per heavy atom. The van der Waals surface area contributed by atoms with Crippen molar-refractivity contribution in [2.45, 2.75) is 33.8 Å². The van der Waals surface area contributed by atoms with Gasteiger partial charge in [0.1, 0.15) is 5.56 Å². The van der Waals surface area contributed by atoms with E-state index >= 15 is 0 Å². The van der Waals surface area contributed by atoms with Crippen LogP contribution in [0.4, 0.5) is 5.13 Å². The van der Waals surface area contributed by atoms with Gasteiger partial charge < -0.3 is 9.47 Å². The molecule has 128 valence electrons. The number of hydrogen-bond acceptors (Lipinski definition) is 7. The normalized spacial score (nSPS) is 11.7. The summed E-state index contributed by atoms with van der Waals surface area (Å²) < 4.78 is 10.5. The van der Waals surface area contributed by atoms with E-state index in [9.17, 15) is 9.59 Å². The van der Waals surface area contributed by atoms with Gasteiger partial charge in [-0.05, 0) is 39.8 Å². The smallest absolute Gasteiger partial charge is 0.344 e. The first-order chi connectivity index (χ1) is 11.4. The molecule has 2 aromatic heterocycles. The van der Waals surface area contributed by atoms with Crippen LogP contribution in [-0.4, -0.2) is 34.6 Å². The topological polar surface area (TPSA) is 90.4 Å². The van der Waals surface area contributed by atoms with E-state index in [1.54, 1.807) is 19.1 Å². The fourth-order valence-corrected chi connectivity index (χ4v) is 2.63. The molecule has 8 heteroatoms. The van der Waals surface area contributed by atoms with Crippen LogP contribution in [0.2, 0.25) is 0 Å². The van der Waals surface area contributed by atoms with Crippen LogP contribution in [0.5, 0.6) is 5.88 Å². The molecule has 0 aliphatic rings. The monoisotopic (exact) mass is 349 g/mol. The van der Waals surface area contributed by atoms with Crippen LogP contribution in [0.25, 0.3) is 0 Å². The van der Waals surface area contributed by atoms with E-state index in [1.165, 1.54) is 24.5 Å². The first-order valence-corrected chi connectivity index (χ1v) is 8.27. The van der Waals surface area contributed by atoms with Gasteiger partial charge in [0, 0.05) is 11.1 Å². The molecule has 7 nitrogen and oxygen atoms in total. The van der Waals surface area contributed by atoms with E-state index in [1.807, 2.05) is 13.8 Å². The van der Waals surface area contributed by atoms with Gasteiger partial charge in [-0.15, -0.1) is 11.3 Å². The minimum atomic E-state index is -0.975. The van der Waals surface area contributed by atoms with Crippen molar-refractivity contribution in [1.29, 1.82) is 0 Å². The molecule has 24 heavy (non-hydrogen) atoms. The lowest BCUT2D eigenvalue weighted by molar-refractivity contribution is -0.123. The second-order valence-electron chi connectivity index (χ2n) is 4.99. The Morgan fingerprint density at radius 2 is 2.12 bits per heavy atom. The number of carbonyl (C=O) groups is 2. The second kappa shape index (κ2) is 7.87. The zero-order valence-electron chi connectivity index (χ0n) is 14.0. The highest BCUT2D eigenvalue weighted by molar-refractivity contribution is 7.15. The maximum Gasteiger partial charge on any atom is 0.344 e. The molecule has 0 spiro atoms. The highest BCUT2D eigenvalue weighted by Crippen LogP contribution is 2.21. The van der Waals surface area contributed by atoms with Crippen LogP contribution >= 0.6 is 11.3 Å². The van der Waals surface area contributed by atoms with Crippen LogP contribution in [0.15, 0.2) is 18.3 Å². The molecule has 0 aromatic carbocycles. The quantitative estimate of drug-likeness (QED) is 0.807. The van der Waals surface area contributed by atoms with Crippen LogP contribution in [0.3, 0.4) is 0 Å². The van der Waals surface area contributed by atoms with Crippen LogP contribution in [0.1, 0.15) is 34.8 Å². The Kier molecular flexibility index (Phi) is 5.86. The van der Waals surface area contributed by atoms with Crippen LogP contribution < -0.4 is 10.1 Å². The van der Waals surface area contributed by atoms with E-state index in [4.69, 9.17) is 9.47 Å². The summed E-state index contributed by atoms with van der Waals surface area (Å²) in [7, 11) is 0. The average Bonchev–Trinajstić information content (AvgIpc) is 2.85. The van der Waals surface area contributed by atoms with Crippen LogP contribution in [0, 0.1) is 13.8 Å². The Morgan fingerprint density at radius 3 is 2.75 bits per heavy atom. The number of nitrogens with one attached hydrogen (secondary N) is 1. The van der Waals surface area contributed by atoms with Crippen LogP contribution in [-0.2, 0) is 9.53 Å². The Labute approximate surface area is 144 Å². The molecule has 0 bridgehead atoms. The Balaban J connectivity index is 2.01. The third kappa shape index (κ3) is 4.29. The molecule has 0 saturated carbocycles. The summed E-state index contributed by atoms with van der Waals surface area (Å²) in [6.45, 7) is 7.44. The first-order valence-electron chi connectivity index (χ1n) is 7.46. The number of carbonyl (C=O) groups excluding carboxylic acids is 2. The lowest BCUT2D eigenvalue weighted by Gasteiger charge is -2.13. The van der Waals surface area contributed by atoms with Gasteiger partial charge in [0.2, 0.25) is 5.88 Å². The largest absolute Gasteiger partial charge is 0.477 e. The molecule has 2 rings (SSSR count). The molecule has 0 radical (unpaired) electrons. The number of anilines is 1. The number of nitrogens with zero attached hydrogens (tertiary/aromatic N) is 2. The summed E-state index contributed by atoms with van der Waals surface area (Å²) in [6.07, 6.45) is 0.544. The zero-order chi connectivity index (χ0) is 17.7. The molecule has 1 N–H and O–H groups in total. The lowest BCUT2D eigenvalue weighted by atomic mass is 10.2. The van der Waals surface area contributed by atoms with E-state index in [2.05, 4.69) is 15.3 Å². The SMILES string of the molecule is CCOc1ncccc1C(=O)O[C@H](C)C(=O)Nc1nc(C)c(C)s1. The van der Waals surface area contributed by atoms with Crippen molar-refractivity contribution in [3.05, 3.63) is 34.5 Å². The Hall–Kier alpha value is -2.48. The highest BCUT2D eigenvalue weighted by Gasteiger charge is 2.22. The molecule has 0 aliphatic carbocycles. The molecule has 0 fully saturated rings. The summed E-state index contributed by atoms with van der Waals surface area (Å²) >= 11 is 1.37. The third-order valence-corrected chi connectivity index (χ3v) is 4.17. The second-order valence-corrected chi connectivity index (χ2v) is 6.19. The van der Waals surface area contributed by atoms with E-state index in [0.717, 1.165) is 10.6 Å². The Bertz CT molecular complexity index is 725. The van der Waals surface area contributed by atoms with E-state index in [-0.39, 0.29) is 11.4 Å². The van der Waals surface area contributed by atoms with Gasteiger partial charge in [-0.1, -0.05) is 0 Å². The highest BCUT2D eigenvalue weighted by atomic mass is 32.1. The molecule has 1 atom stereocenters. The fourth-order valence-electron chi connectivity index (χ4n) is 1.81. The molecular formula is C16H19N3O4S. The van der Waals surface area contributed by atoms with Crippen molar-refractivity contribution < 1.29 is 19.1 Å². The maximum atomic E-state index is 12.2. The first kappa shape index (κ1) is 17.9. The number of aromatic nitrogens is 2. The predicted molar refractivity (Wildman–Crippen MR) is 90.5 cm³/mol. The van der Waals surface area contributed by atoms with Gasteiger partial charge >= 0.3 is 5.97 Å². The molecule has 1 amide bonds. The molecule has 2 heterocycles. The summed E-state index contributed by atoms with van der Waals surface area (Å²) in [5, 5.41) is 3.13. The lowest BCUT2D eigenvalue weighted by Crippen LogP contribution is -2.30. The summed E-state index contributed by atoms with van der Waals surface area (Å²) in [4.78, 5) is 33.6. The number of ether oxygens (including phenoxy) is 2. The van der Waals surface area contributed by atoms with Crippen molar-refractivity contribution in [1.82, 2.24) is 9.97 Å². The van der Waals surface area contributed by atoms with E-state index in [0.29, 0.717) is 11.7 Å². The minimum Gasteiger partial charge on any atom is -0.477 e. The molecular weight excluding hydrogens is 330 g/mol. The van der Waals surface area contributed by atoms with Crippen molar-refractivity contribution in [3.63, 3.8) is 0 Å². The van der Waals surface area contributed by atoms with E-state index < -0.39 is 18.0 Å². The number of pyridine rings is 1. The maximum absolute atomic E-state index is 12.2. The van der Waals surface area contributed by atoms with Crippen molar-refractivity contribution in [2.24, 2.45) is 0 Å². The summed E-state index contributed by atoms with van der Waals surface area (Å²) in [5.74, 6) is -0.927. The van der Waals surface area contributed by atoms with Gasteiger partial charge in [-0.25, -0.2) is 14.8 Å². The molecule has 0 aliphatic heterocycles. The fraction of sp³-hybridized carbons (Fsp3) is 0.375. The summed E-state index contributed by atoms with van der Waals surface area (Å²) in [5.41, 5.74) is 1.04. The van der Waals surface area contributed by atoms with Gasteiger partial charge in [-0.2, -0.15) is 0 Å². The van der Waals surface area contributed by atoms with Gasteiger partial charge in [0.05, 0.1) is 12.3 Å². The predicted octanol–water partition coefficient (Wildman–Crippen LogP) is 2.74. The number of hydrogen-bond donors (Lipinski definition) is 1. The molecule has 0 unspecified atom stereocenters. The number of rotatable bonds is 6. The van der Waals surface area contributed by atoms with Crippen molar-refractivity contribution in [3.8, 4) is 5.88 Å². The minimum absolute atomic E-state index is 0.180. The average molecular weight is 349 g/mol. The van der Waals surface area contributed by atoms with Crippen molar-refractivity contribution in [2.75, 3.05) is 11.9 Å². The standard InChI is InChI=1S/C16H19N3O4S/c1-5-22-14-12(7-6-8-17-14)15(21)23-10(3)13(20)19-16-18-9(2)11(4)24-16/h6-8,10H,5H2,1-4H3,(H,18,19,20)/t10-/m1/s1.